The first kappa shape index (κ1) is 14.5. The summed E-state index contributed by atoms with van der Waals surface area (Å²) >= 11 is 0. The van der Waals surface area contributed by atoms with Gasteiger partial charge in [-0.05, 0) is 51.9 Å². The molecule has 4 nitrogen and oxygen atoms in total. The molecule has 1 aliphatic rings. The van der Waals surface area contributed by atoms with Gasteiger partial charge < -0.3 is 10.6 Å². The van der Waals surface area contributed by atoms with Crippen LogP contribution in [0.4, 0.5) is 0 Å². The number of nitrogens with one attached hydrogen (secondary N) is 2. The van der Waals surface area contributed by atoms with E-state index in [9.17, 15) is 4.79 Å². The van der Waals surface area contributed by atoms with Crippen molar-refractivity contribution in [2.24, 2.45) is 5.92 Å². The molecule has 100 valence electrons. The lowest BCUT2D eigenvalue weighted by Crippen LogP contribution is -2.42. The first-order valence-corrected chi connectivity index (χ1v) is 6.90. The van der Waals surface area contributed by atoms with Crippen LogP contribution in [0.5, 0.6) is 0 Å². The van der Waals surface area contributed by atoms with E-state index < -0.39 is 0 Å². The van der Waals surface area contributed by atoms with Crippen LogP contribution in [0.3, 0.4) is 0 Å². The number of hydrogen-bond donors (Lipinski definition) is 2. The standard InChI is InChI=1S/C13H27N3O/c1-3-4-7-15-13(17)11-16-8-5-12(6-9-16)10-14-2/h12,14H,3-11H2,1-2H3,(H,15,17). The van der Waals surface area contributed by atoms with Crippen LogP contribution in [0.2, 0.25) is 0 Å². The van der Waals surface area contributed by atoms with E-state index in [4.69, 9.17) is 0 Å². The van der Waals surface area contributed by atoms with E-state index in [1.54, 1.807) is 0 Å². The molecule has 4 heteroatoms. The number of carbonyl (C=O) groups excluding carboxylic acids is 1. The lowest BCUT2D eigenvalue weighted by molar-refractivity contribution is -0.122. The molecule has 0 bridgehead atoms. The zero-order valence-corrected chi connectivity index (χ0v) is 11.3. The first-order valence-electron chi connectivity index (χ1n) is 6.90. The molecule has 1 rings (SSSR count). The third kappa shape index (κ3) is 6.03. The molecule has 0 atom stereocenters. The van der Waals surface area contributed by atoms with E-state index in [0.29, 0.717) is 6.54 Å². The summed E-state index contributed by atoms with van der Waals surface area (Å²) in [4.78, 5) is 13.9. The zero-order chi connectivity index (χ0) is 12.5. The Hall–Kier alpha value is -0.610. The average molecular weight is 241 g/mol. The van der Waals surface area contributed by atoms with Crippen LogP contribution in [0.1, 0.15) is 32.6 Å². The fourth-order valence-electron chi connectivity index (χ4n) is 2.30. The van der Waals surface area contributed by atoms with Crippen LogP contribution in [0, 0.1) is 5.92 Å². The molecule has 1 aliphatic heterocycles. The van der Waals surface area contributed by atoms with E-state index in [0.717, 1.165) is 44.9 Å². The molecule has 0 saturated carbocycles. The van der Waals surface area contributed by atoms with Crippen LogP contribution in [-0.4, -0.2) is 50.6 Å². The fraction of sp³-hybridized carbons (Fsp3) is 0.923. The minimum Gasteiger partial charge on any atom is -0.355 e. The van der Waals surface area contributed by atoms with Crippen molar-refractivity contribution in [2.45, 2.75) is 32.6 Å². The molecule has 2 N–H and O–H groups in total. The minimum absolute atomic E-state index is 0.186. The molecule has 0 aromatic carbocycles. The van der Waals surface area contributed by atoms with Crippen LogP contribution in [-0.2, 0) is 4.79 Å². The van der Waals surface area contributed by atoms with Crippen molar-refractivity contribution in [2.75, 3.05) is 39.8 Å². The van der Waals surface area contributed by atoms with Gasteiger partial charge in [-0.1, -0.05) is 13.3 Å². The van der Waals surface area contributed by atoms with Crippen LogP contribution in [0.15, 0.2) is 0 Å². The highest BCUT2D eigenvalue weighted by Gasteiger charge is 2.19. The zero-order valence-electron chi connectivity index (χ0n) is 11.3. The minimum atomic E-state index is 0.186. The molecule has 1 heterocycles. The van der Waals surface area contributed by atoms with E-state index in [2.05, 4.69) is 22.5 Å². The predicted molar refractivity (Wildman–Crippen MR) is 71.0 cm³/mol. The van der Waals surface area contributed by atoms with Gasteiger partial charge in [0.15, 0.2) is 0 Å². The summed E-state index contributed by atoms with van der Waals surface area (Å²) in [5, 5.41) is 6.20. The highest BCUT2D eigenvalue weighted by atomic mass is 16.2. The predicted octanol–water partition coefficient (Wildman–Crippen LogP) is 0.834. The Bertz CT molecular complexity index is 213. The number of amides is 1. The van der Waals surface area contributed by atoms with Crippen LogP contribution < -0.4 is 10.6 Å². The molecule has 0 aromatic heterocycles. The number of carbonyl (C=O) groups is 1. The monoisotopic (exact) mass is 241 g/mol. The number of piperidine rings is 1. The molecule has 1 amide bonds. The highest BCUT2D eigenvalue weighted by molar-refractivity contribution is 5.77. The van der Waals surface area contributed by atoms with Crippen LogP contribution >= 0.6 is 0 Å². The second-order valence-corrected chi connectivity index (χ2v) is 4.98. The first-order chi connectivity index (χ1) is 8.26. The van der Waals surface area contributed by atoms with Crippen molar-refractivity contribution in [3.8, 4) is 0 Å². The van der Waals surface area contributed by atoms with Gasteiger partial charge in [-0.15, -0.1) is 0 Å². The van der Waals surface area contributed by atoms with Crippen molar-refractivity contribution in [1.82, 2.24) is 15.5 Å². The van der Waals surface area contributed by atoms with E-state index >= 15 is 0 Å². The molecule has 1 saturated heterocycles. The number of likely N-dealkylation sites (tertiary alicyclic amines) is 1. The van der Waals surface area contributed by atoms with Gasteiger partial charge in [0.25, 0.3) is 0 Å². The number of hydrogen-bond acceptors (Lipinski definition) is 3. The SMILES string of the molecule is CCCCNC(=O)CN1CCC(CNC)CC1. The summed E-state index contributed by atoms with van der Waals surface area (Å²) in [7, 11) is 2.01. The molecular formula is C13H27N3O. The van der Waals surface area contributed by atoms with E-state index in [1.165, 1.54) is 12.8 Å². The Morgan fingerprint density at radius 1 is 1.35 bits per heavy atom. The number of unbranched alkanes of at least 4 members (excludes halogenated alkanes) is 1. The van der Waals surface area contributed by atoms with Gasteiger partial charge in [0.05, 0.1) is 6.54 Å². The molecule has 0 aliphatic carbocycles. The maximum absolute atomic E-state index is 11.6. The summed E-state index contributed by atoms with van der Waals surface area (Å²) < 4.78 is 0. The van der Waals surface area contributed by atoms with E-state index in [1.807, 2.05) is 7.05 Å². The molecule has 17 heavy (non-hydrogen) atoms. The summed E-state index contributed by atoms with van der Waals surface area (Å²) in [6.45, 7) is 6.78. The Kier molecular flexibility index (Phi) is 7.21. The van der Waals surface area contributed by atoms with Gasteiger partial charge >= 0.3 is 0 Å². The van der Waals surface area contributed by atoms with Crippen molar-refractivity contribution in [3.63, 3.8) is 0 Å². The average Bonchev–Trinajstić information content (AvgIpc) is 2.32. The summed E-state index contributed by atoms with van der Waals surface area (Å²) in [6.07, 6.45) is 4.64. The summed E-state index contributed by atoms with van der Waals surface area (Å²) in [5.74, 6) is 0.977. The molecular weight excluding hydrogens is 214 g/mol. The molecule has 0 radical (unpaired) electrons. The van der Waals surface area contributed by atoms with Gasteiger partial charge in [-0.25, -0.2) is 0 Å². The second kappa shape index (κ2) is 8.48. The molecule has 0 spiro atoms. The number of nitrogens with zero attached hydrogens (tertiary/aromatic N) is 1. The maximum Gasteiger partial charge on any atom is 0.234 e. The summed E-state index contributed by atoms with van der Waals surface area (Å²) in [5.41, 5.74) is 0. The Morgan fingerprint density at radius 3 is 2.65 bits per heavy atom. The highest BCUT2D eigenvalue weighted by Crippen LogP contribution is 2.15. The fourth-order valence-corrected chi connectivity index (χ4v) is 2.30. The normalized spacial score (nSPS) is 18.2. The summed E-state index contributed by atoms with van der Waals surface area (Å²) in [6, 6.07) is 0. The van der Waals surface area contributed by atoms with Gasteiger partial charge in [0, 0.05) is 6.54 Å². The lowest BCUT2D eigenvalue weighted by Gasteiger charge is -2.31. The smallest absolute Gasteiger partial charge is 0.234 e. The van der Waals surface area contributed by atoms with Gasteiger partial charge in [0.1, 0.15) is 0 Å². The number of rotatable bonds is 7. The Balaban J connectivity index is 2.10. The van der Waals surface area contributed by atoms with Gasteiger partial charge in [-0.2, -0.15) is 0 Å². The van der Waals surface area contributed by atoms with Crippen molar-refractivity contribution in [1.29, 1.82) is 0 Å². The molecule has 1 fully saturated rings. The molecule has 0 unspecified atom stereocenters. The third-order valence-corrected chi connectivity index (χ3v) is 3.42. The topological polar surface area (TPSA) is 44.4 Å². The molecule has 0 aromatic rings. The van der Waals surface area contributed by atoms with Crippen LogP contribution in [0.25, 0.3) is 0 Å². The van der Waals surface area contributed by atoms with E-state index in [-0.39, 0.29) is 5.91 Å². The maximum atomic E-state index is 11.6. The quantitative estimate of drug-likeness (QED) is 0.649. The Labute approximate surface area is 105 Å². The largest absolute Gasteiger partial charge is 0.355 e. The van der Waals surface area contributed by atoms with Gasteiger partial charge in [-0.3, -0.25) is 9.69 Å². The lowest BCUT2D eigenvalue weighted by atomic mass is 9.97. The Morgan fingerprint density at radius 2 is 2.06 bits per heavy atom. The van der Waals surface area contributed by atoms with Crippen molar-refractivity contribution >= 4 is 5.91 Å². The van der Waals surface area contributed by atoms with Crippen molar-refractivity contribution < 1.29 is 4.79 Å². The second-order valence-electron chi connectivity index (χ2n) is 4.98. The van der Waals surface area contributed by atoms with Crippen molar-refractivity contribution in [3.05, 3.63) is 0 Å². The third-order valence-electron chi connectivity index (χ3n) is 3.42. The van der Waals surface area contributed by atoms with Gasteiger partial charge in [0.2, 0.25) is 5.91 Å².